The molecule has 10 nitrogen and oxygen atoms in total. The first kappa shape index (κ1) is 28.3. The number of halogens is 2. The summed E-state index contributed by atoms with van der Waals surface area (Å²) in [5.74, 6) is -2.53. The summed E-state index contributed by atoms with van der Waals surface area (Å²) >= 11 is 0. The maximum absolute atomic E-state index is 15.0. The maximum atomic E-state index is 15.0. The molecule has 0 aliphatic heterocycles. The molecular formula is C26H29F2N5O5S. The molecule has 13 heteroatoms. The Morgan fingerprint density at radius 2 is 2.00 bits per heavy atom. The second kappa shape index (κ2) is 11.6. The Morgan fingerprint density at radius 3 is 2.72 bits per heavy atom. The number of nitrogens with one attached hydrogen (secondary N) is 1. The lowest BCUT2D eigenvalue weighted by atomic mass is 10.0. The van der Waals surface area contributed by atoms with Gasteiger partial charge in [0.15, 0.2) is 0 Å². The van der Waals surface area contributed by atoms with Gasteiger partial charge in [0.1, 0.15) is 11.5 Å². The first-order chi connectivity index (χ1) is 18.5. The highest BCUT2D eigenvalue weighted by molar-refractivity contribution is 7.89. The molecule has 0 radical (unpaired) electrons. The number of aliphatic carboxylic acids is 1. The predicted molar refractivity (Wildman–Crippen MR) is 136 cm³/mol. The van der Waals surface area contributed by atoms with E-state index in [4.69, 9.17) is 5.11 Å². The van der Waals surface area contributed by atoms with Crippen LogP contribution >= 0.6 is 0 Å². The summed E-state index contributed by atoms with van der Waals surface area (Å²) in [4.78, 5) is 25.3. The highest BCUT2D eigenvalue weighted by atomic mass is 32.2. The van der Waals surface area contributed by atoms with Crippen LogP contribution in [0.3, 0.4) is 0 Å². The van der Waals surface area contributed by atoms with Crippen LogP contribution in [0, 0.1) is 11.7 Å². The zero-order chi connectivity index (χ0) is 28.2. The van der Waals surface area contributed by atoms with Gasteiger partial charge >= 0.3 is 5.97 Å². The molecule has 2 aromatic carbocycles. The summed E-state index contributed by atoms with van der Waals surface area (Å²) in [6, 6.07) is 11.8. The molecule has 1 aromatic heterocycles. The quantitative estimate of drug-likeness (QED) is 0.368. The van der Waals surface area contributed by atoms with Crippen LogP contribution in [0.25, 0.3) is 0 Å². The van der Waals surface area contributed by atoms with Crippen LogP contribution in [0.2, 0.25) is 0 Å². The third-order valence-electron chi connectivity index (χ3n) is 6.79. The molecule has 0 spiro atoms. The Balaban J connectivity index is 1.35. The minimum atomic E-state index is -4.03. The molecule has 0 bridgehead atoms. The van der Waals surface area contributed by atoms with Crippen molar-refractivity contribution in [2.24, 2.45) is 5.92 Å². The van der Waals surface area contributed by atoms with Crippen LogP contribution in [-0.4, -0.2) is 64.6 Å². The molecule has 1 aliphatic rings. The second-order valence-electron chi connectivity index (χ2n) is 9.76. The molecule has 1 aliphatic carbocycles. The largest absolute Gasteiger partial charge is 0.481 e. The maximum Gasteiger partial charge on any atom is 0.306 e. The van der Waals surface area contributed by atoms with Crippen molar-refractivity contribution in [2.75, 3.05) is 13.6 Å². The van der Waals surface area contributed by atoms with Crippen molar-refractivity contribution in [3.63, 3.8) is 0 Å². The summed E-state index contributed by atoms with van der Waals surface area (Å²) in [5, 5.41) is 16.8. The molecule has 0 saturated heterocycles. The monoisotopic (exact) mass is 561 g/mol. The number of carboxylic acid groups (broad SMARTS) is 1. The number of carbonyl (C=O) groups excluding carboxylic acids is 1. The minimum absolute atomic E-state index is 0.0964. The predicted octanol–water partition coefficient (Wildman–Crippen LogP) is 2.80. The van der Waals surface area contributed by atoms with Crippen molar-refractivity contribution in [2.45, 2.75) is 49.3 Å². The SMILES string of the molecule is CN(CCc1ccccc1F)C(=O)c1cccc(S(=O)(=O)NCc2cn(C[C@@]3(F)CC[C@@H](C(=O)O)C3)nn2)c1. The van der Waals surface area contributed by atoms with Crippen molar-refractivity contribution in [1.82, 2.24) is 24.6 Å². The van der Waals surface area contributed by atoms with Crippen molar-refractivity contribution >= 4 is 21.9 Å². The molecule has 1 amide bonds. The topological polar surface area (TPSA) is 134 Å². The Bertz CT molecular complexity index is 1460. The number of carbonyl (C=O) groups is 2. The van der Waals surface area contributed by atoms with E-state index in [1.165, 1.54) is 46.1 Å². The van der Waals surface area contributed by atoms with Gasteiger partial charge in [0.2, 0.25) is 10.0 Å². The first-order valence-corrected chi connectivity index (χ1v) is 13.8. The summed E-state index contributed by atoms with van der Waals surface area (Å²) in [7, 11) is -2.47. The van der Waals surface area contributed by atoms with E-state index in [0.717, 1.165) is 0 Å². The summed E-state index contributed by atoms with van der Waals surface area (Å²) in [5.41, 5.74) is -0.841. The van der Waals surface area contributed by atoms with Crippen LogP contribution in [0.15, 0.2) is 59.6 Å². The molecule has 4 rings (SSSR count). The third-order valence-corrected chi connectivity index (χ3v) is 8.19. The molecule has 2 N–H and O–H groups in total. The molecular weight excluding hydrogens is 532 g/mol. The van der Waals surface area contributed by atoms with Crippen molar-refractivity contribution in [1.29, 1.82) is 0 Å². The standard InChI is InChI=1S/C26H29F2N5O5S/c1-32(12-10-18-5-2-3-8-23(18)27)24(34)19-6-4-7-22(13-19)39(37,38)29-15-21-16-33(31-30-21)17-26(28)11-9-20(14-26)25(35)36/h2-8,13,16,20,29H,9-12,14-15,17H2,1H3,(H,35,36)/t20-,26-/m1/s1. The first-order valence-electron chi connectivity index (χ1n) is 12.4. The number of aromatic nitrogens is 3. The minimum Gasteiger partial charge on any atom is -0.481 e. The van der Waals surface area contributed by atoms with Crippen molar-refractivity contribution in [3.8, 4) is 0 Å². The number of likely N-dealkylation sites (N-methyl/N-ethyl adjacent to an activating group) is 1. The molecule has 1 heterocycles. The summed E-state index contributed by atoms with van der Waals surface area (Å²) < 4.78 is 58.3. The van der Waals surface area contributed by atoms with Gasteiger partial charge in [0.05, 0.1) is 29.6 Å². The Kier molecular flexibility index (Phi) is 8.40. The number of alkyl halides is 1. The van der Waals surface area contributed by atoms with Crippen LogP contribution in [-0.2, 0) is 34.3 Å². The molecule has 208 valence electrons. The number of sulfonamides is 1. The van der Waals surface area contributed by atoms with E-state index in [1.54, 1.807) is 25.2 Å². The molecule has 1 saturated carbocycles. The van der Waals surface area contributed by atoms with Crippen molar-refractivity contribution in [3.05, 3.63) is 77.4 Å². The van der Waals surface area contributed by atoms with Gasteiger partial charge in [-0.3, -0.25) is 9.59 Å². The summed E-state index contributed by atoms with van der Waals surface area (Å²) in [6.07, 6.45) is 1.94. The average Bonchev–Trinajstić information content (AvgIpc) is 3.53. The summed E-state index contributed by atoms with van der Waals surface area (Å²) in [6.45, 7) is -0.160. The van der Waals surface area contributed by atoms with Gasteiger partial charge in [-0.2, -0.15) is 0 Å². The van der Waals surface area contributed by atoms with Gasteiger partial charge in [-0.15, -0.1) is 5.10 Å². The van der Waals surface area contributed by atoms with E-state index in [2.05, 4.69) is 15.0 Å². The van der Waals surface area contributed by atoms with E-state index in [9.17, 15) is 22.4 Å². The van der Waals surface area contributed by atoms with Gasteiger partial charge in [-0.25, -0.2) is 26.6 Å². The Hall–Kier alpha value is -3.71. The van der Waals surface area contributed by atoms with E-state index < -0.39 is 33.5 Å². The number of rotatable bonds is 11. The van der Waals surface area contributed by atoms with Gasteiger partial charge in [0, 0.05) is 25.4 Å². The molecule has 2 atom stereocenters. The number of hydrogen-bond donors (Lipinski definition) is 2. The number of hydrogen-bond acceptors (Lipinski definition) is 6. The van der Waals surface area contributed by atoms with E-state index in [0.29, 0.717) is 12.0 Å². The molecule has 3 aromatic rings. The van der Waals surface area contributed by atoms with E-state index >= 15 is 4.39 Å². The number of benzene rings is 2. The van der Waals surface area contributed by atoms with Gasteiger partial charge in [0.25, 0.3) is 5.91 Å². The smallest absolute Gasteiger partial charge is 0.306 e. The highest BCUT2D eigenvalue weighted by Gasteiger charge is 2.43. The van der Waals surface area contributed by atoms with Crippen LogP contribution in [0.4, 0.5) is 8.78 Å². The zero-order valence-electron chi connectivity index (χ0n) is 21.3. The lowest BCUT2D eigenvalue weighted by Gasteiger charge is -2.18. The van der Waals surface area contributed by atoms with E-state index in [-0.39, 0.29) is 60.9 Å². The lowest BCUT2D eigenvalue weighted by molar-refractivity contribution is -0.141. The molecule has 39 heavy (non-hydrogen) atoms. The zero-order valence-corrected chi connectivity index (χ0v) is 22.1. The Labute approximate surface area is 224 Å². The molecule has 0 unspecified atom stereocenters. The normalized spacial score (nSPS) is 19.2. The van der Waals surface area contributed by atoms with Crippen molar-refractivity contribution < 1.29 is 31.9 Å². The number of amides is 1. The number of nitrogens with zero attached hydrogens (tertiary/aromatic N) is 4. The van der Waals surface area contributed by atoms with Gasteiger partial charge in [-0.05, 0) is 55.5 Å². The van der Waals surface area contributed by atoms with Gasteiger partial charge in [-0.1, -0.05) is 29.5 Å². The van der Waals surface area contributed by atoms with Crippen LogP contribution in [0.5, 0.6) is 0 Å². The molecule has 1 fully saturated rings. The highest BCUT2D eigenvalue weighted by Crippen LogP contribution is 2.39. The fourth-order valence-electron chi connectivity index (χ4n) is 4.58. The van der Waals surface area contributed by atoms with Crippen LogP contribution in [0.1, 0.15) is 40.9 Å². The van der Waals surface area contributed by atoms with E-state index in [1.807, 2.05) is 0 Å². The number of carboxylic acids is 1. The fourth-order valence-corrected chi connectivity index (χ4v) is 5.62. The lowest BCUT2D eigenvalue weighted by Crippen LogP contribution is -2.29. The van der Waals surface area contributed by atoms with Gasteiger partial charge < -0.3 is 10.0 Å². The third kappa shape index (κ3) is 7.03. The average molecular weight is 562 g/mol. The fraction of sp³-hybridized carbons (Fsp3) is 0.385. The van der Waals surface area contributed by atoms with Crippen LogP contribution < -0.4 is 4.72 Å². The second-order valence-corrected chi connectivity index (χ2v) is 11.5. The Morgan fingerprint density at radius 1 is 1.23 bits per heavy atom.